The maximum absolute atomic E-state index is 14.4. The molecule has 2 aromatic carbocycles. The first-order valence-electron chi connectivity index (χ1n) is 12.2. The molecule has 0 unspecified atom stereocenters. The van der Waals surface area contributed by atoms with Crippen molar-refractivity contribution < 1.29 is 40.3 Å². The van der Waals surface area contributed by atoms with Gasteiger partial charge in [-0.05, 0) is 60.7 Å². The molecule has 1 spiro atoms. The molecule has 2 aliphatic rings. The van der Waals surface area contributed by atoms with Crippen molar-refractivity contribution in [2.75, 3.05) is 23.9 Å². The SMILES string of the molecule is Cc1ccc(-n2nc3c(c2NC(=O)CS(C)(=O)=O)C(=O)N[C@@]2(CCc4cc(OCC(F)(F)F)ccc42)C3)cc1F. The van der Waals surface area contributed by atoms with Crippen LogP contribution in [-0.4, -0.2) is 54.8 Å². The monoisotopic (exact) mass is 580 g/mol. The average molecular weight is 581 g/mol. The van der Waals surface area contributed by atoms with E-state index in [4.69, 9.17) is 4.74 Å². The lowest BCUT2D eigenvalue weighted by Gasteiger charge is -2.35. The molecule has 5 rings (SSSR count). The number of aryl methyl sites for hydroxylation is 2. The van der Waals surface area contributed by atoms with E-state index < -0.39 is 51.5 Å². The molecular formula is C26H24F4N4O5S. The van der Waals surface area contributed by atoms with Crippen LogP contribution in [0.15, 0.2) is 36.4 Å². The summed E-state index contributed by atoms with van der Waals surface area (Å²) in [4.78, 5) is 26.1. The van der Waals surface area contributed by atoms with E-state index in [0.29, 0.717) is 29.5 Å². The first-order valence-corrected chi connectivity index (χ1v) is 14.2. The Hall–Kier alpha value is -3.94. The lowest BCUT2D eigenvalue weighted by Crippen LogP contribution is -2.49. The van der Waals surface area contributed by atoms with Crippen molar-refractivity contribution in [2.24, 2.45) is 0 Å². The van der Waals surface area contributed by atoms with Gasteiger partial charge in [0.1, 0.15) is 28.7 Å². The fourth-order valence-corrected chi connectivity index (χ4v) is 5.70. The molecule has 1 aromatic heterocycles. The maximum Gasteiger partial charge on any atom is 0.422 e. The van der Waals surface area contributed by atoms with Crippen LogP contribution >= 0.6 is 0 Å². The predicted molar refractivity (Wildman–Crippen MR) is 136 cm³/mol. The van der Waals surface area contributed by atoms with Crippen LogP contribution < -0.4 is 15.4 Å². The van der Waals surface area contributed by atoms with Gasteiger partial charge >= 0.3 is 6.18 Å². The third-order valence-electron chi connectivity index (χ3n) is 6.87. The zero-order valence-corrected chi connectivity index (χ0v) is 22.2. The first-order chi connectivity index (χ1) is 18.6. The van der Waals surface area contributed by atoms with E-state index in [1.807, 2.05) is 0 Å². The second-order valence-electron chi connectivity index (χ2n) is 10.1. The smallest absolute Gasteiger partial charge is 0.422 e. The summed E-state index contributed by atoms with van der Waals surface area (Å²) in [5.41, 5.74) is 1.34. The zero-order chi connectivity index (χ0) is 29.0. The van der Waals surface area contributed by atoms with Gasteiger partial charge in [0, 0.05) is 12.7 Å². The number of aromatic nitrogens is 2. The Labute approximate surface area is 226 Å². The van der Waals surface area contributed by atoms with Gasteiger partial charge in [-0.3, -0.25) is 9.59 Å². The number of nitrogens with zero attached hydrogens (tertiary/aromatic N) is 2. The number of carbonyl (C=O) groups is 2. The minimum Gasteiger partial charge on any atom is -0.484 e. The average Bonchev–Trinajstić information content (AvgIpc) is 3.36. The second kappa shape index (κ2) is 9.61. The molecule has 0 saturated heterocycles. The molecule has 0 saturated carbocycles. The summed E-state index contributed by atoms with van der Waals surface area (Å²) < 4.78 is 81.6. The van der Waals surface area contributed by atoms with Crippen molar-refractivity contribution in [1.82, 2.24) is 15.1 Å². The summed E-state index contributed by atoms with van der Waals surface area (Å²) >= 11 is 0. The van der Waals surface area contributed by atoms with Gasteiger partial charge in [-0.25, -0.2) is 17.5 Å². The summed E-state index contributed by atoms with van der Waals surface area (Å²) in [6, 6.07) is 8.76. The molecular weight excluding hydrogens is 556 g/mol. The molecule has 2 amide bonds. The van der Waals surface area contributed by atoms with E-state index in [9.17, 15) is 35.6 Å². The molecule has 14 heteroatoms. The molecule has 0 radical (unpaired) electrons. The topological polar surface area (TPSA) is 119 Å². The molecule has 212 valence electrons. The molecule has 1 atom stereocenters. The van der Waals surface area contributed by atoms with Crippen LogP contribution in [0, 0.1) is 12.7 Å². The Bertz CT molecular complexity index is 1650. The van der Waals surface area contributed by atoms with Gasteiger partial charge in [0.2, 0.25) is 5.91 Å². The summed E-state index contributed by atoms with van der Waals surface area (Å²) in [6.45, 7) is 0.137. The van der Waals surface area contributed by atoms with E-state index >= 15 is 0 Å². The highest BCUT2D eigenvalue weighted by Gasteiger charge is 2.47. The molecule has 9 nitrogen and oxygen atoms in total. The highest BCUT2D eigenvalue weighted by molar-refractivity contribution is 7.91. The molecule has 3 aromatic rings. The molecule has 40 heavy (non-hydrogen) atoms. The Morgan fingerprint density at radius 3 is 2.65 bits per heavy atom. The first kappa shape index (κ1) is 27.6. The number of ether oxygens (including phenoxy) is 1. The Kier molecular flexibility index (Phi) is 6.63. The third-order valence-corrected chi connectivity index (χ3v) is 7.66. The van der Waals surface area contributed by atoms with Crippen molar-refractivity contribution in [3.63, 3.8) is 0 Å². The number of halogens is 4. The van der Waals surface area contributed by atoms with Crippen molar-refractivity contribution in [1.29, 1.82) is 0 Å². The number of alkyl halides is 3. The summed E-state index contributed by atoms with van der Waals surface area (Å²) in [5.74, 6) is -2.93. The number of hydrogen-bond donors (Lipinski definition) is 2. The second-order valence-corrected chi connectivity index (χ2v) is 12.2. The fourth-order valence-electron chi connectivity index (χ4n) is 5.15. The Morgan fingerprint density at radius 1 is 1.23 bits per heavy atom. The predicted octanol–water partition coefficient (Wildman–Crippen LogP) is 3.37. The number of carbonyl (C=O) groups excluding carboxylic acids is 2. The Balaban J connectivity index is 1.54. The van der Waals surface area contributed by atoms with Crippen LogP contribution in [0.1, 0.15) is 39.2 Å². The van der Waals surface area contributed by atoms with E-state index in [2.05, 4.69) is 15.7 Å². The lowest BCUT2D eigenvalue weighted by molar-refractivity contribution is -0.153. The zero-order valence-electron chi connectivity index (χ0n) is 21.4. The Morgan fingerprint density at radius 2 is 1.98 bits per heavy atom. The van der Waals surface area contributed by atoms with Gasteiger partial charge in [-0.2, -0.15) is 18.3 Å². The standard InChI is InChI=1S/C26H24F4N4O5S/c1-14-3-4-16(10-19(14)27)34-23(31-21(35)12-40(2,37)38)22-20(33-34)11-25(32-24(22)36)8-7-15-9-17(5-6-18(15)25)39-13-26(28,29)30/h3-6,9-10H,7-8,11-13H2,1-2H3,(H,31,35)(H,32,36)/t25-/m0/s1. The van der Waals surface area contributed by atoms with Gasteiger partial charge in [0.05, 0.1) is 16.9 Å². The van der Waals surface area contributed by atoms with Gasteiger partial charge < -0.3 is 15.4 Å². The number of fused-ring (bicyclic) bond motifs is 3. The number of rotatable bonds is 6. The van der Waals surface area contributed by atoms with Crippen molar-refractivity contribution in [3.8, 4) is 11.4 Å². The minimum atomic E-state index is -4.48. The van der Waals surface area contributed by atoms with E-state index in [1.165, 1.54) is 28.9 Å². The number of nitrogens with one attached hydrogen (secondary N) is 2. The summed E-state index contributed by atoms with van der Waals surface area (Å²) in [5, 5.41) is 9.96. The van der Waals surface area contributed by atoms with Crippen LogP contribution in [-0.2, 0) is 33.0 Å². The van der Waals surface area contributed by atoms with Gasteiger partial charge in [-0.15, -0.1) is 0 Å². The largest absolute Gasteiger partial charge is 0.484 e. The summed E-state index contributed by atoms with van der Waals surface area (Å²) in [7, 11) is -3.69. The van der Waals surface area contributed by atoms with Crippen molar-refractivity contribution in [2.45, 2.75) is 37.9 Å². The van der Waals surface area contributed by atoms with Crippen molar-refractivity contribution in [3.05, 3.63) is 70.2 Å². The van der Waals surface area contributed by atoms with Crippen molar-refractivity contribution >= 4 is 27.5 Å². The highest BCUT2D eigenvalue weighted by Crippen LogP contribution is 2.44. The molecule has 2 N–H and O–H groups in total. The van der Waals surface area contributed by atoms with E-state index in [-0.39, 0.29) is 34.9 Å². The fraction of sp³-hybridized carbons (Fsp3) is 0.346. The summed E-state index contributed by atoms with van der Waals surface area (Å²) in [6.07, 6.45) is -2.54. The highest BCUT2D eigenvalue weighted by atomic mass is 32.2. The van der Waals surface area contributed by atoms with Gasteiger partial charge in [0.15, 0.2) is 16.4 Å². The number of benzene rings is 2. The molecule has 1 aliphatic carbocycles. The van der Waals surface area contributed by atoms with Gasteiger partial charge in [0.25, 0.3) is 5.91 Å². The van der Waals surface area contributed by atoms with Crippen LogP contribution in [0.25, 0.3) is 5.69 Å². The molecule has 1 aliphatic heterocycles. The molecule has 2 heterocycles. The maximum atomic E-state index is 14.4. The van der Waals surface area contributed by atoms with Crippen LogP contribution in [0.3, 0.4) is 0 Å². The minimum absolute atomic E-state index is 0.00652. The van der Waals surface area contributed by atoms with Crippen LogP contribution in [0.2, 0.25) is 0 Å². The number of amides is 2. The number of anilines is 1. The quantitative estimate of drug-likeness (QED) is 0.432. The van der Waals surface area contributed by atoms with E-state index in [0.717, 1.165) is 6.26 Å². The lowest BCUT2D eigenvalue weighted by atomic mass is 9.82. The van der Waals surface area contributed by atoms with Gasteiger partial charge in [-0.1, -0.05) is 12.1 Å². The third kappa shape index (κ3) is 5.40. The van der Waals surface area contributed by atoms with Crippen LogP contribution in [0.4, 0.5) is 23.4 Å². The van der Waals surface area contributed by atoms with E-state index in [1.54, 1.807) is 19.1 Å². The molecule has 0 fully saturated rings. The molecule has 0 bridgehead atoms. The number of hydrogen-bond acceptors (Lipinski definition) is 6. The van der Waals surface area contributed by atoms with Crippen LogP contribution in [0.5, 0.6) is 5.75 Å². The normalized spacial score (nSPS) is 18.3. The number of sulfone groups is 1.